The first kappa shape index (κ1) is 13.3. The first-order valence-corrected chi connectivity index (χ1v) is 6.72. The van der Waals surface area contributed by atoms with Gasteiger partial charge in [-0.25, -0.2) is 4.98 Å². The van der Waals surface area contributed by atoms with Crippen molar-refractivity contribution < 1.29 is 4.79 Å². The summed E-state index contributed by atoms with van der Waals surface area (Å²) in [5.41, 5.74) is -0.197. The fourth-order valence-corrected chi connectivity index (χ4v) is 2.25. The van der Waals surface area contributed by atoms with Gasteiger partial charge in [0.15, 0.2) is 0 Å². The third-order valence-electron chi connectivity index (χ3n) is 2.33. The lowest BCUT2D eigenvalue weighted by Crippen LogP contribution is -2.22. The van der Waals surface area contributed by atoms with Gasteiger partial charge in [-0.2, -0.15) is 11.8 Å². The lowest BCUT2D eigenvalue weighted by molar-refractivity contribution is -0.123. The SMILES string of the molecule is CC(C)(C)C(=O)CSCCCn1ccnc1. The van der Waals surface area contributed by atoms with E-state index in [9.17, 15) is 4.79 Å². The van der Waals surface area contributed by atoms with Crippen molar-refractivity contribution in [1.29, 1.82) is 0 Å². The highest BCUT2D eigenvalue weighted by molar-refractivity contribution is 7.99. The number of aromatic nitrogens is 2. The van der Waals surface area contributed by atoms with Crippen LogP contribution in [0.15, 0.2) is 18.7 Å². The van der Waals surface area contributed by atoms with E-state index >= 15 is 0 Å². The molecule has 0 amide bonds. The Labute approximate surface area is 102 Å². The van der Waals surface area contributed by atoms with Gasteiger partial charge in [0.25, 0.3) is 0 Å². The number of Topliss-reactive ketones (excluding diaryl/α,β-unsaturated/α-hetero) is 1. The molecule has 90 valence electrons. The van der Waals surface area contributed by atoms with Gasteiger partial charge < -0.3 is 4.57 Å². The second-order valence-electron chi connectivity index (χ2n) is 4.88. The van der Waals surface area contributed by atoms with E-state index in [0.29, 0.717) is 11.5 Å². The van der Waals surface area contributed by atoms with Crippen molar-refractivity contribution in [3.8, 4) is 0 Å². The van der Waals surface area contributed by atoms with Crippen LogP contribution in [0, 0.1) is 5.41 Å². The average molecular weight is 240 g/mol. The fraction of sp³-hybridized carbons (Fsp3) is 0.667. The molecular formula is C12H20N2OS. The monoisotopic (exact) mass is 240 g/mol. The number of thioether (sulfide) groups is 1. The highest BCUT2D eigenvalue weighted by Crippen LogP contribution is 2.18. The maximum atomic E-state index is 11.6. The van der Waals surface area contributed by atoms with Crippen molar-refractivity contribution in [2.45, 2.75) is 33.7 Å². The fourth-order valence-electron chi connectivity index (χ4n) is 1.15. The molecule has 0 spiro atoms. The molecule has 0 aliphatic carbocycles. The molecule has 0 N–H and O–H groups in total. The largest absolute Gasteiger partial charge is 0.337 e. The maximum absolute atomic E-state index is 11.6. The Balaban J connectivity index is 2.06. The van der Waals surface area contributed by atoms with Gasteiger partial charge in [0.05, 0.1) is 12.1 Å². The van der Waals surface area contributed by atoms with Crippen LogP contribution in [0.2, 0.25) is 0 Å². The van der Waals surface area contributed by atoms with Crippen LogP contribution in [0.3, 0.4) is 0 Å². The Kier molecular flexibility index (Phi) is 5.06. The molecule has 0 aromatic carbocycles. The minimum atomic E-state index is -0.197. The van der Waals surface area contributed by atoms with Gasteiger partial charge in [0.1, 0.15) is 5.78 Å². The topological polar surface area (TPSA) is 34.9 Å². The van der Waals surface area contributed by atoms with Crippen LogP contribution < -0.4 is 0 Å². The smallest absolute Gasteiger partial charge is 0.148 e. The predicted molar refractivity (Wildman–Crippen MR) is 68.6 cm³/mol. The first-order chi connectivity index (χ1) is 7.50. The Morgan fingerprint density at radius 2 is 2.19 bits per heavy atom. The molecule has 0 aliphatic rings. The van der Waals surface area contributed by atoms with Crippen LogP contribution >= 0.6 is 11.8 Å². The third kappa shape index (κ3) is 4.84. The zero-order chi connectivity index (χ0) is 12.0. The van der Waals surface area contributed by atoms with Gasteiger partial charge in [-0.15, -0.1) is 0 Å². The number of nitrogens with zero attached hydrogens (tertiary/aromatic N) is 2. The molecule has 1 rings (SSSR count). The van der Waals surface area contributed by atoms with E-state index in [4.69, 9.17) is 0 Å². The molecule has 16 heavy (non-hydrogen) atoms. The van der Waals surface area contributed by atoms with E-state index < -0.39 is 0 Å². The van der Waals surface area contributed by atoms with E-state index in [1.807, 2.05) is 33.3 Å². The molecule has 0 radical (unpaired) electrons. The second-order valence-corrected chi connectivity index (χ2v) is 5.98. The van der Waals surface area contributed by atoms with Crippen molar-refractivity contribution in [1.82, 2.24) is 9.55 Å². The number of aryl methyl sites for hydroxylation is 1. The number of imidazole rings is 1. The lowest BCUT2D eigenvalue weighted by Gasteiger charge is -2.15. The summed E-state index contributed by atoms with van der Waals surface area (Å²) in [4.78, 5) is 15.6. The summed E-state index contributed by atoms with van der Waals surface area (Å²) in [6, 6.07) is 0. The third-order valence-corrected chi connectivity index (χ3v) is 3.38. The number of hydrogen-bond acceptors (Lipinski definition) is 3. The summed E-state index contributed by atoms with van der Waals surface area (Å²) in [6.45, 7) is 6.90. The van der Waals surface area contributed by atoms with Gasteiger partial charge in [0.2, 0.25) is 0 Å². The van der Waals surface area contributed by atoms with E-state index in [1.165, 1.54) is 0 Å². The average Bonchev–Trinajstić information content (AvgIpc) is 2.68. The Morgan fingerprint density at radius 1 is 1.44 bits per heavy atom. The molecule has 0 atom stereocenters. The lowest BCUT2D eigenvalue weighted by atomic mass is 9.92. The summed E-state index contributed by atoms with van der Waals surface area (Å²) in [5, 5.41) is 0. The molecule has 1 heterocycles. The van der Waals surface area contributed by atoms with E-state index in [1.54, 1.807) is 18.0 Å². The molecule has 0 unspecified atom stereocenters. The van der Waals surface area contributed by atoms with Gasteiger partial charge in [-0.1, -0.05) is 20.8 Å². The minimum absolute atomic E-state index is 0.197. The molecule has 1 aromatic rings. The van der Waals surface area contributed by atoms with Crippen LogP contribution in [0.1, 0.15) is 27.2 Å². The van der Waals surface area contributed by atoms with Gasteiger partial charge >= 0.3 is 0 Å². The van der Waals surface area contributed by atoms with Gasteiger partial charge in [-0.3, -0.25) is 4.79 Å². The van der Waals surface area contributed by atoms with Gasteiger partial charge in [0, 0.05) is 24.4 Å². The standard InChI is InChI=1S/C12H20N2OS/c1-12(2,3)11(15)9-16-8-4-6-14-7-5-13-10-14/h5,7,10H,4,6,8-9H2,1-3H3. The van der Waals surface area contributed by atoms with Crippen molar-refractivity contribution in [3.05, 3.63) is 18.7 Å². The Bertz CT molecular complexity index is 314. The number of rotatable bonds is 6. The molecule has 0 saturated heterocycles. The number of carbonyl (C=O) groups excluding carboxylic acids is 1. The summed E-state index contributed by atoms with van der Waals surface area (Å²) >= 11 is 1.73. The molecule has 0 bridgehead atoms. The summed E-state index contributed by atoms with van der Waals surface area (Å²) in [7, 11) is 0. The molecule has 0 fully saturated rings. The highest BCUT2D eigenvalue weighted by atomic mass is 32.2. The zero-order valence-corrected chi connectivity index (χ0v) is 11.1. The molecule has 1 aromatic heterocycles. The van der Waals surface area contributed by atoms with Crippen molar-refractivity contribution in [2.24, 2.45) is 5.41 Å². The van der Waals surface area contributed by atoms with Crippen LogP contribution in [-0.2, 0) is 11.3 Å². The number of ketones is 1. The Hall–Kier alpha value is -0.770. The second kappa shape index (κ2) is 6.09. The molecule has 3 nitrogen and oxygen atoms in total. The normalized spacial score (nSPS) is 11.7. The summed E-state index contributed by atoms with van der Waals surface area (Å²) in [6.07, 6.45) is 6.66. The molecule has 0 aliphatic heterocycles. The highest BCUT2D eigenvalue weighted by Gasteiger charge is 2.20. The summed E-state index contributed by atoms with van der Waals surface area (Å²) in [5.74, 6) is 1.99. The zero-order valence-electron chi connectivity index (χ0n) is 10.3. The van der Waals surface area contributed by atoms with Crippen molar-refractivity contribution in [2.75, 3.05) is 11.5 Å². The number of carbonyl (C=O) groups is 1. The van der Waals surface area contributed by atoms with E-state index in [0.717, 1.165) is 18.7 Å². The van der Waals surface area contributed by atoms with Crippen molar-refractivity contribution >= 4 is 17.5 Å². The molecule has 0 saturated carbocycles. The molecule has 4 heteroatoms. The quantitative estimate of drug-likeness (QED) is 0.717. The van der Waals surface area contributed by atoms with Crippen LogP contribution in [0.4, 0.5) is 0 Å². The molecular weight excluding hydrogens is 220 g/mol. The minimum Gasteiger partial charge on any atom is -0.337 e. The predicted octanol–water partition coefficient (Wildman–Crippen LogP) is 2.62. The van der Waals surface area contributed by atoms with Crippen molar-refractivity contribution in [3.63, 3.8) is 0 Å². The van der Waals surface area contributed by atoms with Crippen LogP contribution in [0.5, 0.6) is 0 Å². The number of hydrogen-bond donors (Lipinski definition) is 0. The van der Waals surface area contributed by atoms with Crippen LogP contribution in [0.25, 0.3) is 0 Å². The van der Waals surface area contributed by atoms with Gasteiger partial charge in [-0.05, 0) is 12.2 Å². The van der Waals surface area contributed by atoms with E-state index in [-0.39, 0.29) is 5.41 Å². The van der Waals surface area contributed by atoms with Crippen LogP contribution in [-0.4, -0.2) is 26.8 Å². The Morgan fingerprint density at radius 3 is 2.75 bits per heavy atom. The first-order valence-electron chi connectivity index (χ1n) is 5.57. The summed E-state index contributed by atoms with van der Waals surface area (Å²) < 4.78 is 2.06. The maximum Gasteiger partial charge on any atom is 0.148 e. The van der Waals surface area contributed by atoms with E-state index in [2.05, 4.69) is 9.55 Å².